The highest BCUT2D eigenvalue weighted by Gasteiger charge is 2.12. The van der Waals surface area contributed by atoms with Gasteiger partial charge in [-0.05, 0) is 31.0 Å². The smallest absolute Gasteiger partial charge is 0.272 e. The van der Waals surface area contributed by atoms with Crippen molar-refractivity contribution in [2.75, 3.05) is 11.9 Å². The van der Waals surface area contributed by atoms with E-state index in [1.807, 2.05) is 24.3 Å². The number of ether oxygens (including phenoxy) is 1. The molecule has 2 rings (SSSR count). The summed E-state index contributed by atoms with van der Waals surface area (Å²) in [7, 11) is 1.71. The van der Waals surface area contributed by atoms with Crippen LogP contribution in [0, 0.1) is 0 Å². The molecule has 0 atom stereocenters. The Balaban J connectivity index is 2.21. The SMILES string of the molecule is CCOc1cn(C)c(C(=O)Nc2ccc(CC)cc2)cc1=O. The monoisotopic (exact) mass is 300 g/mol. The molecule has 5 nitrogen and oxygen atoms in total. The van der Waals surface area contributed by atoms with Crippen molar-refractivity contribution in [2.45, 2.75) is 20.3 Å². The molecule has 1 heterocycles. The Morgan fingerprint density at radius 1 is 1.23 bits per heavy atom. The summed E-state index contributed by atoms with van der Waals surface area (Å²) in [4.78, 5) is 24.2. The van der Waals surface area contributed by atoms with Crippen LogP contribution in [0.25, 0.3) is 0 Å². The first kappa shape index (κ1) is 15.8. The molecule has 0 unspecified atom stereocenters. The molecule has 1 N–H and O–H groups in total. The van der Waals surface area contributed by atoms with Gasteiger partial charge in [0.25, 0.3) is 5.91 Å². The van der Waals surface area contributed by atoms with E-state index in [4.69, 9.17) is 4.74 Å². The van der Waals surface area contributed by atoms with Gasteiger partial charge in [-0.25, -0.2) is 0 Å². The second kappa shape index (κ2) is 6.93. The van der Waals surface area contributed by atoms with Crippen molar-refractivity contribution in [1.82, 2.24) is 4.57 Å². The standard InChI is InChI=1S/C17H20N2O3/c1-4-12-6-8-13(9-7-12)18-17(21)14-10-15(20)16(22-5-2)11-19(14)3/h6-11H,4-5H2,1-3H3,(H,18,21). The summed E-state index contributed by atoms with van der Waals surface area (Å²) < 4.78 is 6.82. The van der Waals surface area contributed by atoms with Crippen molar-refractivity contribution in [2.24, 2.45) is 7.05 Å². The predicted octanol–water partition coefficient (Wildman–Crippen LogP) is 2.60. The summed E-state index contributed by atoms with van der Waals surface area (Å²) in [5.41, 5.74) is 1.88. The lowest BCUT2D eigenvalue weighted by Crippen LogP contribution is -2.21. The van der Waals surface area contributed by atoms with E-state index >= 15 is 0 Å². The number of hydrogen-bond acceptors (Lipinski definition) is 3. The van der Waals surface area contributed by atoms with Gasteiger partial charge in [0.15, 0.2) is 5.75 Å². The van der Waals surface area contributed by atoms with E-state index in [0.29, 0.717) is 12.3 Å². The number of hydrogen-bond donors (Lipinski definition) is 1. The maximum atomic E-state index is 12.3. The van der Waals surface area contributed by atoms with Crippen LogP contribution in [0.1, 0.15) is 29.9 Å². The first-order valence-electron chi connectivity index (χ1n) is 7.29. The highest BCUT2D eigenvalue weighted by atomic mass is 16.5. The maximum absolute atomic E-state index is 12.3. The minimum Gasteiger partial charge on any atom is -0.488 e. The third-order valence-electron chi connectivity index (χ3n) is 3.35. The molecule has 0 spiro atoms. The van der Waals surface area contributed by atoms with Gasteiger partial charge in [-0.1, -0.05) is 19.1 Å². The van der Waals surface area contributed by atoms with Gasteiger partial charge < -0.3 is 14.6 Å². The molecule has 0 aliphatic heterocycles. The first-order chi connectivity index (χ1) is 10.5. The van der Waals surface area contributed by atoms with Crippen LogP contribution in [-0.2, 0) is 13.5 Å². The van der Waals surface area contributed by atoms with Crippen LogP contribution in [0.5, 0.6) is 5.75 Å². The molecule has 0 bridgehead atoms. The second-order valence-corrected chi connectivity index (χ2v) is 4.94. The van der Waals surface area contributed by atoms with E-state index in [2.05, 4.69) is 12.2 Å². The number of carbonyl (C=O) groups is 1. The lowest BCUT2D eigenvalue weighted by atomic mass is 10.1. The number of nitrogens with one attached hydrogen (secondary N) is 1. The molecular formula is C17H20N2O3. The molecule has 0 aliphatic rings. The molecular weight excluding hydrogens is 280 g/mol. The number of aryl methyl sites for hydroxylation is 2. The van der Waals surface area contributed by atoms with Crippen molar-refractivity contribution < 1.29 is 9.53 Å². The van der Waals surface area contributed by atoms with Gasteiger partial charge in [0, 0.05) is 18.8 Å². The van der Waals surface area contributed by atoms with Crippen LogP contribution in [0.2, 0.25) is 0 Å². The fourth-order valence-corrected chi connectivity index (χ4v) is 2.11. The fourth-order valence-electron chi connectivity index (χ4n) is 2.11. The van der Waals surface area contributed by atoms with Crippen LogP contribution in [0.4, 0.5) is 5.69 Å². The van der Waals surface area contributed by atoms with Gasteiger partial charge in [-0.3, -0.25) is 9.59 Å². The maximum Gasteiger partial charge on any atom is 0.272 e. The van der Waals surface area contributed by atoms with Crippen LogP contribution >= 0.6 is 0 Å². The van der Waals surface area contributed by atoms with E-state index in [1.165, 1.54) is 17.8 Å². The van der Waals surface area contributed by atoms with Gasteiger partial charge in [0.1, 0.15) is 5.69 Å². The molecule has 0 fully saturated rings. The highest BCUT2D eigenvalue weighted by Crippen LogP contribution is 2.12. The molecule has 116 valence electrons. The second-order valence-electron chi connectivity index (χ2n) is 4.94. The van der Waals surface area contributed by atoms with Gasteiger partial charge in [-0.2, -0.15) is 0 Å². The minimum absolute atomic E-state index is 0.244. The van der Waals surface area contributed by atoms with Crippen molar-refractivity contribution in [3.05, 3.63) is 58.0 Å². The van der Waals surface area contributed by atoms with Crippen molar-refractivity contribution in [1.29, 1.82) is 0 Å². The Morgan fingerprint density at radius 2 is 1.91 bits per heavy atom. The number of amides is 1. The Morgan fingerprint density at radius 3 is 2.50 bits per heavy atom. The predicted molar refractivity (Wildman–Crippen MR) is 86.6 cm³/mol. The lowest BCUT2D eigenvalue weighted by molar-refractivity contribution is 0.101. The number of aromatic nitrogens is 1. The molecule has 1 amide bonds. The van der Waals surface area contributed by atoms with Crippen LogP contribution in [0.3, 0.4) is 0 Å². The molecule has 22 heavy (non-hydrogen) atoms. The minimum atomic E-state index is -0.327. The topological polar surface area (TPSA) is 60.3 Å². The zero-order valence-electron chi connectivity index (χ0n) is 13.1. The van der Waals surface area contributed by atoms with E-state index in [-0.39, 0.29) is 22.8 Å². The number of benzene rings is 1. The van der Waals surface area contributed by atoms with Crippen LogP contribution in [-0.4, -0.2) is 17.1 Å². The van der Waals surface area contributed by atoms with E-state index < -0.39 is 0 Å². The van der Waals surface area contributed by atoms with Crippen LogP contribution < -0.4 is 15.5 Å². The third-order valence-corrected chi connectivity index (χ3v) is 3.35. The van der Waals surface area contributed by atoms with Crippen molar-refractivity contribution >= 4 is 11.6 Å². The van der Waals surface area contributed by atoms with Gasteiger partial charge >= 0.3 is 0 Å². The fraction of sp³-hybridized carbons (Fsp3) is 0.294. The van der Waals surface area contributed by atoms with Gasteiger partial charge in [0.2, 0.25) is 5.43 Å². The summed E-state index contributed by atoms with van der Waals surface area (Å²) >= 11 is 0. The van der Waals surface area contributed by atoms with E-state index in [1.54, 1.807) is 18.5 Å². The first-order valence-corrected chi connectivity index (χ1v) is 7.29. The Bertz CT molecular complexity index is 718. The summed E-state index contributed by atoms with van der Waals surface area (Å²) in [5, 5.41) is 2.79. The summed E-state index contributed by atoms with van der Waals surface area (Å²) in [6.45, 7) is 4.29. The molecule has 0 saturated carbocycles. The molecule has 5 heteroatoms. The molecule has 1 aromatic carbocycles. The zero-order valence-corrected chi connectivity index (χ0v) is 13.1. The van der Waals surface area contributed by atoms with E-state index in [9.17, 15) is 9.59 Å². The largest absolute Gasteiger partial charge is 0.488 e. The van der Waals surface area contributed by atoms with Crippen molar-refractivity contribution in [3.63, 3.8) is 0 Å². The Labute approximate surface area is 129 Å². The summed E-state index contributed by atoms with van der Waals surface area (Å²) in [6, 6.07) is 8.92. The molecule has 1 aromatic heterocycles. The summed E-state index contributed by atoms with van der Waals surface area (Å²) in [5.74, 6) is -0.0826. The average molecular weight is 300 g/mol. The zero-order chi connectivity index (χ0) is 16.1. The Hall–Kier alpha value is -2.56. The molecule has 2 aromatic rings. The third kappa shape index (κ3) is 3.55. The number of pyridine rings is 1. The highest BCUT2D eigenvalue weighted by molar-refractivity contribution is 6.03. The molecule has 0 saturated heterocycles. The normalized spacial score (nSPS) is 10.3. The average Bonchev–Trinajstić information content (AvgIpc) is 2.51. The number of rotatable bonds is 5. The van der Waals surface area contributed by atoms with E-state index in [0.717, 1.165) is 6.42 Å². The lowest BCUT2D eigenvalue weighted by Gasteiger charge is -2.11. The van der Waals surface area contributed by atoms with Crippen molar-refractivity contribution in [3.8, 4) is 5.75 Å². The Kier molecular flexibility index (Phi) is 4.99. The van der Waals surface area contributed by atoms with Crippen LogP contribution in [0.15, 0.2) is 41.3 Å². The molecule has 0 aliphatic carbocycles. The quantitative estimate of drug-likeness (QED) is 0.923. The number of anilines is 1. The number of nitrogens with zero attached hydrogens (tertiary/aromatic N) is 1. The number of carbonyl (C=O) groups excluding carboxylic acids is 1. The van der Waals surface area contributed by atoms with Gasteiger partial charge in [0.05, 0.1) is 12.8 Å². The summed E-state index contributed by atoms with van der Waals surface area (Å²) in [6.07, 6.45) is 2.47. The molecule has 0 radical (unpaired) electrons. The van der Waals surface area contributed by atoms with Gasteiger partial charge in [-0.15, -0.1) is 0 Å².